The Morgan fingerprint density at radius 3 is 2.37 bits per heavy atom. The third-order valence-electron chi connectivity index (χ3n) is 5.44. The van der Waals surface area contributed by atoms with Crippen molar-refractivity contribution in [1.29, 1.82) is 0 Å². The Bertz CT molecular complexity index is 352. The smallest absolute Gasteiger partial charge is 0.192 e. The summed E-state index contributed by atoms with van der Waals surface area (Å²) in [5, 5.41) is 20.2. The first kappa shape index (κ1) is 15.4. The van der Waals surface area contributed by atoms with Gasteiger partial charge >= 0.3 is 0 Å². The van der Waals surface area contributed by atoms with Crippen LogP contribution in [0.15, 0.2) is 0 Å². The van der Waals surface area contributed by atoms with E-state index in [1.54, 1.807) is 0 Å². The van der Waals surface area contributed by atoms with Crippen LogP contribution in [0, 0.1) is 5.92 Å². The highest BCUT2D eigenvalue weighted by Gasteiger charge is 2.64. The van der Waals surface area contributed by atoms with Gasteiger partial charge < -0.3 is 19.4 Å². The van der Waals surface area contributed by atoms with Gasteiger partial charge in [-0.3, -0.25) is 0 Å². The molecular formula is C14H28O4Si. The summed E-state index contributed by atoms with van der Waals surface area (Å²) >= 11 is 0. The molecule has 19 heavy (non-hydrogen) atoms. The van der Waals surface area contributed by atoms with Crippen molar-refractivity contribution in [2.75, 3.05) is 6.61 Å². The van der Waals surface area contributed by atoms with Crippen LogP contribution in [0.2, 0.25) is 18.1 Å². The lowest BCUT2D eigenvalue weighted by molar-refractivity contribution is -0.124. The van der Waals surface area contributed by atoms with Gasteiger partial charge in [-0.05, 0) is 18.1 Å². The predicted octanol–water partition coefficient (Wildman–Crippen LogP) is 1.91. The average Bonchev–Trinajstić information content (AvgIpc) is 2.74. The molecular weight excluding hydrogens is 260 g/mol. The summed E-state index contributed by atoms with van der Waals surface area (Å²) in [6.45, 7) is 12.8. The molecule has 0 aromatic rings. The van der Waals surface area contributed by atoms with E-state index in [0.717, 1.165) is 6.42 Å². The third-order valence-corrected chi connectivity index (χ3v) is 9.92. The molecule has 0 unspecified atom stereocenters. The predicted molar refractivity (Wildman–Crippen MR) is 76.5 cm³/mol. The summed E-state index contributed by atoms with van der Waals surface area (Å²) in [7, 11) is -1.92. The largest absolute Gasteiger partial charge is 0.411 e. The van der Waals surface area contributed by atoms with E-state index in [1.807, 2.05) is 6.92 Å². The van der Waals surface area contributed by atoms with Crippen molar-refractivity contribution in [3.8, 4) is 0 Å². The maximum atomic E-state index is 10.4. The first-order valence-corrected chi connectivity index (χ1v) is 10.1. The molecule has 5 heteroatoms. The fourth-order valence-corrected chi connectivity index (χ4v) is 4.32. The van der Waals surface area contributed by atoms with E-state index >= 15 is 0 Å². The van der Waals surface area contributed by atoms with Gasteiger partial charge in [-0.25, -0.2) is 0 Å². The summed E-state index contributed by atoms with van der Waals surface area (Å²) < 4.78 is 12.3. The van der Waals surface area contributed by atoms with Crippen LogP contribution in [-0.2, 0) is 9.16 Å². The third kappa shape index (κ3) is 2.19. The summed E-state index contributed by atoms with van der Waals surface area (Å²) in [4.78, 5) is 0. The number of aliphatic hydroxyl groups excluding tert-OH is 2. The molecule has 2 saturated heterocycles. The van der Waals surface area contributed by atoms with Crippen molar-refractivity contribution in [3.05, 3.63) is 0 Å². The molecule has 112 valence electrons. The Hall–Kier alpha value is 0.0569. The van der Waals surface area contributed by atoms with Gasteiger partial charge in [0.05, 0.1) is 24.9 Å². The van der Waals surface area contributed by atoms with Crippen LogP contribution >= 0.6 is 0 Å². The molecule has 2 aliphatic heterocycles. The normalized spacial score (nSPS) is 42.9. The fraction of sp³-hybridized carbons (Fsp3) is 1.00. The van der Waals surface area contributed by atoms with Gasteiger partial charge in [-0.2, -0.15) is 0 Å². The quantitative estimate of drug-likeness (QED) is 0.779. The first-order chi connectivity index (χ1) is 8.55. The molecule has 2 fully saturated rings. The maximum Gasteiger partial charge on any atom is 0.192 e. The van der Waals surface area contributed by atoms with E-state index in [4.69, 9.17) is 9.16 Å². The van der Waals surface area contributed by atoms with Crippen molar-refractivity contribution in [2.24, 2.45) is 5.92 Å². The zero-order valence-corrected chi connectivity index (χ0v) is 13.9. The molecule has 0 saturated carbocycles. The van der Waals surface area contributed by atoms with E-state index in [2.05, 4.69) is 33.9 Å². The van der Waals surface area contributed by atoms with Gasteiger partial charge in [0, 0.05) is 12.3 Å². The van der Waals surface area contributed by atoms with Crippen LogP contribution in [0.4, 0.5) is 0 Å². The second-order valence-electron chi connectivity index (χ2n) is 7.68. The summed E-state index contributed by atoms with van der Waals surface area (Å²) in [5.41, 5.74) is -0.903. The summed E-state index contributed by atoms with van der Waals surface area (Å²) in [5.74, 6) is 0.0754. The lowest BCUT2D eigenvalue weighted by Gasteiger charge is -2.44. The molecule has 5 atom stereocenters. The van der Waals surface area contributed by atoms with Crippen molar-refractivity contribution < 1.29 is 19.4 Å². The van der Waals surface area contributed by atoms with Crippen LogP contribution in [0.5, 0.6) is 0 Å². The second kappa shape index (κ2) is 4.53. The van der Waals surface area contributed by atoms with Crippen molar-refractivity contribution in [1.82, 2.24) is 0 Å². The lowest BCUT2D eigenvalue weighted by Crippen LogP contribution is -2.58. The Labute approximate surface area is 117 Å². The molecule has 0 amide bonds. The van der Waals surface area contributed by atoms with Crippen molar-refractivity contribution >= 4 is 8.32 Å². The molecule has 0 aromatic heterocycles. The highest BCUT2D eigenvalue weighted by Crippen LogP contribution is 2.50. The minimum Gasteiger partial charge on any atom is -0.411 e. The van der Waals surface area contributed by atoms with Gasteiger partial charge in [0.2, 0.25) is 0 Å². The zero-order valence-electron chi connectivity index (χ0n) is 12.9. The molecule has 4 nitrogen and oxygen atoms in total. The van der Waals surface area contributed by atoms with Gasteiger partial charge in [-0.15, -0.1) is 0 Å². The molecule has 0 spiro atoms. The molecule has 0 aliphatic carbocycles. The minimum absolute atomic E-state index is 0.0110. The van der Waals surface area contributed by atoms with Crippen LogP contribution in [0.1, 0.15) is 34.1 Å². The number of fused-ring (bicyclic) bond motifs is 2. The number of aliphatic hydroxyl groups is 2. The SMILES string of the molecule is C[C@@H]1[C@H]2C[C@@H](O[Si](C)(C)C(C)(C)C)[C@@](CO)(O2)[C@H]1O. The summed E-state index contributed by atoms with van der Waals surface area (Å²) in [6.07, 6.45) is -0.0248. The van der Waals surface area contributed by atoms with Gasteiger partial charge in [0.1, 0.15) is 5.60 Å². The molecule has 2 N–H and O–H groups in total. The molecule has 0 aromatic carbocycles. The van der Waals surface area contributed by atoms with Crippen molar-refractivity contribution in [2.45, 2.75) is 76.2 Å². The lowest BCUT2D eigenvalue weighted by atomic mass is 9.78. The Morgan fingerprint density at radius 2 is 1.95 bits per heavy atom. The molecule has 2 bridgehead atoms. The zero-order chi connectivity index (χ0) is 14.6. The Morgan fingerprint density at radius 1 is 1.37 bits per heavy atom. The van der Waals surface area contributed by atoms with Gasteiger partial charge in [0.25, 0.3) is 0 Å². The second-order valence-corrected chi connectivity index (χ2v) is 12.4. The van der Waals surface area contributed by atoms with Crippen LogP contribution < -0.4 is 0 Å². The topological polar surface area (TPSA) is 58.9 Å². The number of hydrogen-bond acceptors (Lipinski definition) is 4. The van der Waals surface area contributed by atoms with E-state index in [1.165, 1.54) is 0 Å². The van der Waals surface area contributed by atoms with E-state index < -0.39 is 20.0 Å². The monoisotopic (exact) mass is 288 g/mol. The molecule has 2 heterocycles. The van der Waals surface area contributed by atoms with Gasteiger partial charge in [0.15, 0.2) is 8.32 Å². The molecule has 2 rings (SSSR count). The first-order valence-electron chi connectivity index (χ1n) is 7.20. The average molecular weight is 288 g/mol. The van der Waals surface area contributed by atoms with Gasteiger partial charge in [-0.1, -0.05) is 27.7 Å². The Balaban J connectivity index is 2.20. The van der Waals surface area contributed by atoms with Crippen LogP contribution in [-0.4, -0.2) is 49.1 Å². The molecule has 2 aliphatic rings. The van der Waals surface area contributed by atoms with Crippen molar-refractivity contribution in [3.63, 3.8) is 0 Å². The van der Waals surface area contributed by atoms with E-state index in [0.29, 0.717) is 0 Å². The van der Waals surface area contributed by atoms with Crippen LogP contribution in [0.25, 0.3) is 0 Å². The number of rotatable bonds is 3. The highest BCUT2D eigenvalue weighted by molar-refractivity contribution is 6.74. The van der Waals surface area contributed by atoms with E-state index in [9.17, 15) is 10.2 Å². The maximum absolute atomic E-state index is 10.4. The van der Waals surface area contributed by atoms with Crippen LogP contribution in [0.3, 0.4) is 0 Å². The standard InChI is InChI=1S/C14H28O4Si/c1-9-10-7-11(14(8-15,17-10)12(9)16)18-19(5,6)13(2,3)4/h9-12,15-16H,7-8H2,1-6H3/t9-,10-,11-,12+,14-/m1/s1. The Kier molecular flexibility index (Phi) is 3.68. The minimum atomic E-state index is -1.92. The molecule has 0 radical (unpaired) electrons. The number of hydrogen-bond donors (Lipinski definition) is 2. The fourth-order valence-electron chi connectivity index (χ4n) is 2.96. The highest BCUT2D eigenvalue weighted by atomic mass is 28.4. The number of ether oxygens (including phenoxy) is 1. The summed E-state index contributed by atoms with van der Waals surface area (Å²) in [6, 6.07) is 0. The van der Waals surface area contributed by atoms with E-state index in [-0.39, 0.29) is 29.8 Å².